The molecule has 1 aliphatic rings. The van der Waals surface area contributed by atoms with E-state index < -0.39 is 10.0 Å². The van der Waals surface area contributed by atoms with Crippen LogP contribution < -0.4 is 14.4 Å². The first-order valence-electron chi connectivity index (χ1n) is 9.61. The lowest BCUT2D eigenvalue weighted by Gasteiger charge is -2.36. The topological polar surface area (TPSA) is 79.0 Å². The van der Waals surface area contributed by atoms with Gasteiger partial charge in [-0.25, -0.2) is 13.1 Å². The molecular weight excluding hydrogens is 390 g/mol. The first-order valence-corrected chi connectivity index (χ1v) is 11.1. The van der Waals surface area contributed by atoms with Gasteiger partial charge < -0.3 is 14.5 Å². The molecule has 156 valence electrons. The summed E-state index contributed by atoms with van der Waals surface area (Å²) in [5.74, 6) is 0.658. The van der Waals surface area contributed by atoms with E-state index >= 15 is 0 Å². The molecule has 0 aromatic heterocycles. The molecule has 2 aromatic carbocycles. The fourth-order valence-electron chi connectivity index (χ4n) is 3.32. The van der Waals surface area contributed by atoms with Crippen molar-refractivity contribution in [3.05, 3.63) is 54.1 Å². The summed E-state index contributed by atoms with van der Waals surface area (Å²) in [4.78, 5) is 17.0. The summed E-state index contributed by atoms with van der Waals surface area (Å²) in [6.07, 6.45) is 0. The van der Waals surface area contributed by atoms with Crippen molar-refractivity contribution in [3.8, 4) is 5.75 Å². The normalized spacial score (nSPS) is 14.9. The van der Waals surface area contributed by atoms with Crippen LogP contribution in [0.5, 0.6) is 5.75 Å². The fraction of sp³-hybridized carbons (Fsp3) is 0.381. The first-order chi connectivity index (χ1) is 13.8. The van der Waals surface area contributed by atoms with Crippen LogP contribution >= 0.6 is 0 Å². The van der Waals surface area contributed by atoms with Gasteiger partial charge in [0, 0.05) is 43.5 Å². The zero-order chi connectivity index (χ0) is 21.0. The Morgan fingerprint density at radius 2 is 1.69 bits per heavy atom. The molecule has 0 atom stereocenters. The third kappa shape index (κ3) is 5.07. The van der Waals surface area contributed by atoms with Crippen LogP contribution in [0.4, 0.5) is 5.69 Å². The van der Waals surface area contributed by atoms with Crippen molar-refractivity contribution in [3.63, 3.8) is 0 Å². The van der Waals surface area contributed by atoms with Gasteiger partial charge in [0.1, 0.15) is 5.75 Å². The Kier molecular flexibility index (Phi) is 6.44. The van der Waals surface area contributed by atoms with E-state index in [4.69, 9.17) is 4.74 Å². The van der Waals surface area contributed by atoms with Crippen molar-refractivity contribution >= 4 is 21.6 Å². The zero-order valence-electron chi connectivity index (χ0n) is 17.0. The molecule has 3 rings (SSSR count). The number of carbonyl (C=O) groups excluding carboxylic acids is 1. The van der Waals surface area contributed by atoms with E-state index in [1.165, 1.54) is 12.1 Å². The highest BCUT2D eigenvalue weighted by molar-refractivity contribution is 7.89. The second-order valence-corrected chi connectivity index (χ2v) is 9.00. The number of carbonyl (C=O) groups is 1. The minimum atomic E-state index is -3.64. The number of hydrogen-bond acceptors (Lipinski definition) is 5. The molecule has 1 fully saturated rings. The Morgan fingerprint density at radius 3 is 2.28 bits per heavy atom. The summed E-state index contributed by atoms with van der Waals surface area (Å²) in [5, 5.41) is 0. The number of methoxy groups -OCH3 is 1. The smallest absolute Gasteiger partial charge is 0.254 e. The summed E-state index contributed by atoms with van der Waals surface area (Å²) in [6, 6.07) is 13.9. The summed E-state index contributed by atoms with van der Waals surface area (Å²) >= 11 is 0. The van der Waals surface area contributed by atoms with Crippen LogP contribution in [0.3, 0.4) is 0 Å². The van der Waals surface area contributed by atoms with Crippen LogP contribution in [0.1, 0.15) is 24.2 Å². The van der Waals surface area contributed by atoms with Gasteiger partial charge in [-0.1, -0.05) is 6.07 Å². The predicted molar refractivity (Wildman–Crippen MR) is 113 cm³/mol. The second kappa shape index (κ2) is 8.84. The second-order valence-electron chi connectivity index (χ2n) is 7.28. The van der Waals surface area contributed by atoms with E-state index in [9.17, 15) is 13.2 Å². The summed E-state index contributed by atoms with van der Waals surface area (Å²) in [7, 11) is -2.00. The lowest BCUT2D eigenvalue weighted by molar-refractivity contribution is 0.0746. The maximum Gasteiger partial charge on any atom is 0.254 e. The lowest BCUT2D eigenvalue weighted by atomic mass is 10.1. The van der Waals surface area contributed by atoms with Gasteiger partial charge in [0.2, 0.25) is 10.0 Å². The summed E-state index contributed by atoms with van der Waals surface area (Å²) in [5.41, 5.74) is 1.47. The van der Waals surface area contributed by atoms with E-state index in [0.717, 1.165) is 11.4 Å². The molecule has 0 unspecified atom stereocenters. The molecule has 8 heteroatoms. The minimum Gasteiger partial charge on any atom is -0.497 e. The molecule has 1 aliphatic heterocycles. The summed E-state index contributed by atoms with van der Waals surface area (Å²) < 4.78 is 32.5. The molecule has 29 heavy (non-hydrogen) atoms. The molecule has 1 N–H and O–H groups in total. The molecule has 0 spiro atoms. The fourth-order valence-corrected chi connectivity index (χ4v) is 4.61. The van der Waals surface area contributed by atoms with E-state index in [-0.39, 0.29) is 16.8 Å². The van der Waals surface area contributed by atoms with Gasteiger partial charge in [-0.3, -0.25) is 4.79 Å². The maximum atomic E-state index is 12.9. The number of piperazine rings is 1. The Bertz CT molecular complexity index is 950. The van der Waals surface area contributed by atoms with Gasteiger partial charge in [-0.15, -0.1) is 0 Å². The molecular formula is C21H27N3O4S. The number of benzene rings is 2. The quantitative estimate of drug-likeness (QED) is 0.781. The molecule has 0 bridgehead atoms. The number of amides is 1. The third-order valence-electron chi connectivity index (χ3n) is 4.79. The van der Waals surface area contributed by atoms with Gasteiger partial charge in [-0.2, -0.15) is 0 Å². The average Bonchev–Trinajstić information content (AvgIpc) is 2.72. The molecule has 2 aromatic rings. The number of hydrogen-bond donors (Lipinski definition) is 1. The highest BCUT2D eigenvalue weighted by atomic mass is 32.2. The van der Waals surface area contributed by atoms with Crippen molar-refractivity contribution in [2.24, 2.45) is 0 Å². The van der Waals surface area contributed by atoms with Gasteiger partial charge in [0.25, 0.3) is 5.91 Å². The standard InChI is InChI=1S/C21H27N3O4S/c1-16(2)22-29(26,27)20-6-4-5-17(15-20)21(25)24-13-11-23(12-14-24)18-7-9-19(28-3)10-8-18/h4-10,15-16,22H,11-14H2,1-3H3. The monoisotopic (exact) mass is 417 g/mol. The average molecular weight is 418 g/mol. The molecule has 1 saturated heterocycles. The minimum absolute atomic E-state index is 0.105. The molecule has 0 radical (unpaired) electrons. The predicted octanol–water partition coefficient (Wildman–Crippen LogP) is 2.34. The van der Waals surface area contributed by atoms with Gasteiger partial charge in [0.15, 0.2) is 0 Å². The largest absolute Gasteiger partial charge is 0.497 e. The lowest BCUT2D eigenvalue weighted by Crippen LogP contribution is -2.48. The number of sulfonamides is 1. The zero-order valence-corrected chi connectivity index (χ0v) is 17.8. The van der Waals surface area contributed by atoms with Crippen LogP contribution in [-0.4, -0.2) is 58.6 Å². The molecule has 7 nitrogen and oxygen atoms in total. The van der Waals surface area contributed by atoms with E-state index in [1.807, 2.05) is 24.3 Å². The third-order valence-corrected chi connectivity index (χ3v) is 6.44. The summed E-state index contributed by atoms with van der Waals surface area (Å²) in [6.45, 7) is 6.10. The van der Waals surface area contributed by atoms with E-state index in [0.29, 0.717) is 31.7 Å². The number of nitrogens with zero attached hydrogens (tertiary/aromatic N) is 2. The van der Waals surface area contributed by atoms with E-state index in [1.54, 1.807) is 38.0 Å². The number of nitrogens with one attached hydrogen (secondary N) is 1. The highest BCUT2D eigenvalue weighted by Crippen LogP contribution is 2.21. The molecule has 0 saturated carbocycles. The van der Waals surface area contributed by atoms with Crippen LogP contribution in [0.15, 0.2) is 53.4 Å². The number of rotatable bonds is 6. The SMILES string of the molecule is COc1ccc(N2CCN(C(=O)c3cccc(S(=O)(=O)NC(C)C)c3)CC2)cc1. The van der Waals surface area contributed by atoms with Gasteiger partial charge in [-0.05, 0) is 56.3 Å². The molecule has 0 aliphatic carbocycles. The Morgan fingerprint density at radius 1 is 1.03 bits per heavy atom. The maximum absolute atomic E-state index is 12.9. The van der Waals surface area contributed by atoms with Crippen molar-refractivity contribution < 1.29 is 17.9 Å². The molecule has 1 heterocycles. The van der Waals surface area contributed by atoms with Crippen molar-refractivity contribution in [2.75, 3.05) is 38.2 Å². The van der Waals surface area contributed by atoms with Crippen molar-refractivity contribution in [1.82, 2.24) is 9.62 Å². The Hall–Kier alpha value is -2.58. The van der Waals surface area contributed by atoms with E-state index in [2.05, 4.69) is 9.62 Å². The van der Waals surface area contributed by atoms with Gasteiger partial charge >= 0.3 is 0 Å². The first kappa shape index (κ1) is 21.1. The van der Waals surface area contributed by atoms with Crippen LogP contribution in [0.25, 0.3) is 0 Å². The van der Waals surface area contributed by atoms with Crippen molar-refractivity contribution in [2.45, 2.75) is 24.8 Å². The van der Waals surface area contributed by atoms with Crippen LogP contribution in [0, 0.1) is 0 Å². The highest BCUT2D eigenvalue weighted by Gasteiger charge is 2.24. The van der Waals surface area contributed by atoms with Crippen molar-refractivity contribution in [1.29, 1.82) is 0 Å². The van der Waals surface area contributed by atoms with Crippen LogP contribution in [-0.2, 0) is 10.0 Å². The Labute approximate surface area is 172 Å². The van der Waals surface area contributed by atoms with Gasteiger partial charge in [0.05, 0.1) is 12.0 Å². The number of ether oxygens (including phenoxy) is 1. The molecule has 1 amide bonds. The van der Waals surface area contributed by atoms with Crippen LogP contribution in [0.2, 0.25) is 0 Å². The number of anilines is 1. The Balaban J connectivity index is 1.67.